The van der Waals surface area contributed by atoms with E-state index in [4.69, 9.17) is 22.1 Å². The van der Waals surface area contributed by atoms with Gasteiger partial charge in [-0.05, 0) is 73.2 Å². The van der Waals surface area contributed by atoms with Crippen LogP contribution in [-0.2, 0) is 10.2 Å². The fraction of sp³-hybridized carbons (Fsp3) is 0.318. The topological polar surface area (TPSA) is 64.3 Å². The summed E-state index contributed by atoms with van der Waals surface area (Å²) in [6.07, 6.45) is 5.06. The Morgan fingerprint density at radius 3 is 2.57 bits per heavy atom. The van der Waals surface area contributed by atoms with Gasteiger partial charge in [0, 0.05) is 20.6 Å². The molecule has 0 aliphatic heterocycles. The first-order valence-corrected chi connectivity index (χ1v) is 10.5. The predicted molar refractivity (Wildman–Crippen MR) is 117 cm³/mol. The number of ether oxygens (including phenoxy) is 1. The molecule has 4 rings (SSSR count). The van der Waals surface area contributed by atoms with Crippen LogP contribution in [0, 0.1) is 0 Å². The average Bonchev–Trinajstić information content (AvgIpc) is 2.94. The van der Waals surface area contributed by atoms with Gasteiger partial charge in [-0.1, -0.05) is 39.7 Å². The number of allylic oxidation sites excluding steroid dienone is 1. The summed E-state index contributed by atoms with van der Waals surface area (Å²) in [5, 5.41) is 4.01. The van der Waals surface area contributed by atoms with Crippen LogP contribution in [0.4, 0.5) is 5.69 Å². The number of carbonyl (C=O) groups excluding carboxylic acids is 1. The van der Waals surface area contributed by atoms with Crippen molar-refractivity contribution in [1.29, 1.82) is 0 Å². The highest BCUT2D eigenvalue weighted by Crippen LogP contribution is 2.55. The lowest BCUT2D eigenvalue weighted by molar-refractivity contribution is -0.123. The second-order valence-corrected chi connectivity index (χ2v) is 8.90. The predicted octanol–water partition coefficient (Wildman–Crippen LogP) is 5.25. The van der Waals surface area contributed by atoms with Gasteiger partial charge in [-0.25, -0.2) is 0 Å². The van der Waals surface area contributed by atoms with Crippen LogP contribution in [0.15, 0.2) is 46.9 Å². The largest absolute Gasteiger partial charge is 0.497 e. The molecule has 1 fully saturated rings. The Morgan fingerprint density at radius 2 is 1.93 bits per heavy atom. The Morgan fingerprint density at radius 1 is 1.18 bits per heavy atom. The first-order valence-electron chi connectivity index (χ1n) is 9.28. The standard InChI is InChI=1S/C22H22BrClN2O2/c1-28-17-6-5-14-11-19(23)21(18(14)13-17)7-9-22(10-8-21,20(25)27)26-16-4-2-3-15(24)12-16/h2-6,11-13,26H,7-10H2,1H3,(H2,25,27). The van der Waals surface area contributed by atoms with Crippen LogP contribution in [0.5, 0.6) is 5.75 Å². The van der Waals surface area contributed by atoms with E-state index >= 15 is 0 Å². The number of fused-ring (bicyclic) bond motifs is 2. The van der Waals surface area contributed by atoms with Crippen molar-refractivity contribution in [2.24, 2.45) is 5.73 Å². The Balaban J connectivity index is 1.64. The maximum atomic E-state index is 12.5. The highest BCUT2D eigenvalue weighted by Gasteiger charge is 2.50. The van der Waals surface area contributed by atoms with Crippen LogP contribution in [0.1, 0.15) is 36.8 Å². The Bertz CT molecular complexity index is 965. The van der Waals surface area contributed by atoms with E-state index in [0.29, 0.717) is 17.9 Å². The van der Waals surface area contributed by atoms with Crippen molar-refractivity contribution in [2.75, 3.05) is 12.4 Å². The highest BCUT2D eigenvalue weighted by atomic mass is 79.9. The number of anilines is 1. The third-order valence-corrected chi connectivity index (χ3v) is 7.38. The molecule has 0 bridgehead atoms. The normalized spacial score (nSPS) is 25.9. The van der Waals surface area contributed by atoms with E-state index in [9.17, 15) is 4.79 Å². The van der Waals surface area contributed by atoms with E-state index in [-0.39, 0.29) is 11.3 Å². The van der Waals surface area contributed by atoms with Crippen molar-refractivity contribution in [2.45, 2.75) is 36.6 Å². The third-order valence-electron chi connectivity index (χ3n) is 6.15. The van der Waals surface area contributed by atoms with Gasteiger partial charge < -0.3 is 15.8 Å². The van der Waals surface area contributed by atoms with Crippen molar-refractivity contribution < 1.29 is 9.53 Å². The van der Waals surface area contributed by atoms with Gasteiger partial charge in [0.15, 0.2) is 0 Å². The molecule has 0 saturated heterocycles. The molecule has 3 N–H and O–H groups in total. The molecule has 1 saturated carbocycles. The summed E-state index contributed by atoms with van der Waals surface area (Å²) in [6, 6.07) is 13.6. The molecule has 2 aliphatic carbocycles. The van der Waals surface area contributed by atoms with Crippen molar-refractivity contribution in [1.82, 2.24) is 0 Å². The monoisotopic (exact) mass is 460 g/mol. The number of halogens is 2. The summed E-state index contributed by atoms with van der Waals surface area (Å²) in [4.78, 5) is 12.5. The number of primary amides is 1. The summed E-state index contributed by atoms with van der Waals surface area (Å²) in [7, 11) is 1.68. The van der Waals surface area contributed by atoms with E-state index in [2.05, 4.69) is 39.5 Å². The number of rotatable bonds is 4. The molecule has 0 atom stereocenters. The Kier molecular flexibility index (Phi) is 4.92. The molecule has 0 radical (unpaired) electrons. The minimum atomic E-state index is -0.787. The second-order valence-electron chi connectivity index (χ2n) is 7.61. The van der Waals surface area contributed by atoms with E-state index < -0.39 is 5.54 Å². The minimum absolute atomic E-state index is 0.140. The van der Waals surface area contributed by atoms with Crippen molar-refractivity contribution >= 4 is 45.2 Å². The lowest BCUT2D eigenvalue weighted by Gasteiger charge is -2.45. The van der Waals surface area contributed by atoms with Crippen LogP contribution in [-0.4, -0.2) is 18.6 Å². The molecule has 2 aromatic carbocycles. The van der Waals surface area contributed by atoms with Gasteiger partial charge >= 0.3 is 0 Å². The fourth-order valence-corrected chi connectivity index (χ4v) is 5.54. The lowest BCUT2D eigenvalue weighted by atomic mass is 9.65. The zero-order valence-corrected chi connectivity index (χ0v) is 17.9. The van der Waals surface area contributed by atoms with Crippen LogP contribution < -0.4 is 15.8 Å². The molecule has 0 heterocycles. The minimum Gasteiger partial charge on any atom is -0.497 e. The van der Waals surface area contributed by atoms with Gasteiger partial charge in [0.1, 0.15) is 11.3 Å². The first kappa shape index (κ1) is 19.3. The van der Waals surface area contributed by atoms with Crippen molar-refractivity contribution in [3.05, 3.63) is 63.1 Å². The molecule has 1 amide bonds. The van der Waals surface area contributed by atoms with Crippen LogP contribution >= 0.6 is 27.5 Å². The quantitative estimate of drug-likeness (QED) is 0.654. The number of carbonyl (C=O) groups is 1. The number of nitrogens with one attached hydrogen (secondary N) is 1. The van der Waals surface area contributed by atoms with Gasteiger partial charge in [-0.15, -0.1) is 0 Å². The molecular weight excluding hydrogens is 440 g/mol. The number of amides is 1. The second kappa shape index (κ2) is 7.12. The summed E-state index contributed by atoms with van der Waals surface area (Å²) >= 11 is 9.91. The molecule has 2 aromatic rings. The van der Waals surface area contributed by atoms with E-state index in [1.807, 2.05) is 30.3 Å². The fourth-order valence-electron chi connectivity index (χ4n) is 4.49. The summed E-state index contributed by atoms with van der Waals surface area (Å²) in [6.45, 7) is 0. The molecule has 28 heavy (non-hydrogen) atoms. The molecule has 4 nitrogen and oxygen atoms in total. The molecule has 0 aromatic heterocycles. The van der Waals surface area contributed by atoms with E-state index in [1.165, 1.54) is 11.1 Å². The van der Waals surface area contributed by atoms with Gasteiger partial charge in [-0.3, -0.25) is 4.79 Å². The zero-order valence-electron chi connectivity index (χ0n) is 15.6. The number of hydrogen-bond acceptors (Lipinski definition) is 3. The van der Waals surface area contributed by atoms with Crippen molar-refractivity contribution in [3.8, 4) is 5.75 Å². The maximum Gasteiger partial charge on any atom is 0.243 e. The molecule has 6 heteroatoms. The summed E-state index contributed by atoms with van der Waals surface area (Å²) in [5.41, 5.74) is 8.20. The van der Waals surface area contributed by atoms with E-state index in [1.54, 1.807) is 7.11 Å². The third kappa shape index (κ3) is 3.11. The molecule has 1 spiro atoms. The van der Waals surface area contributed by atoms with Gasteiger partial charge in [0.25, 0.3) is 0 Å². The first-order chi connectivity index (χ1) is 13.4. The van der Waals surface area contributed by atoms with Gasteiger partial charge in [0.2, 0.25) is 5.91 Å². The number of hydrogen-bond donors (Lipinski definition) is 2. The van der Waals surface area contributed by atoms with Crippen molar-refractivity contribution in [3.63, 3.8) is 0 Å². The molecular formula is C22H22BrClN2O2. The average molecular weight is 462 g/mol. The lowest BCUT2D eigenvalue weighted by Crippen LogP contribution is -2.54. The molecule has 2 aliphatic rings. The number of methoxy groups -OCH3 is 1. The van der Waals surface area contributed by atoms with Crippen LogP contribution in [0.3, 0.4) is 0 Å². The van der Waals surface area contributed by atoms with Gasteiger partial charge in [0.05, 0.1) is 7.11 Å². The number of benzene rings is 2. The zero-order chi connectivity index (χ0) is 19.9. The molecule has 146 valence electrons. The smallest absolute Gasteiger partial charge is 0.243 e. The highest BCUT2D eigenvalue weighted by molar-refractivity contribution is 9.11. The van der Waals surface area contributed by atoms with Crippen LogP contribution in [0.2, 0.25) is 5.02 Å². The molecule has 0 unspecified atom stereocenters. The SMILES string of the molecule is COc1ccc2c(c1)C1(CCC(Nc3cccc(Cl)c3)(C(N)=O)CC1)C(Br)=C2. The Hall–Kier alpha value is -1.98. The number of nitrogens with two attached hydrogens (primary N) is 1. The summed E-state index contributed by atoms with van der Waals surface area (Å²) in [5.74, 6) is 0.517. The van der Waals surface area contributed by atoms with Gasteiger partial charge in [-0.2, -0.15) is 0 Å². The summed E-state index contributed by atoms with van der Waals surface area (Å²) < 4.78 is 6.60. The van der Waals surface area contributed by atoms with Crippen LogP contribution in [0.25, 0.3) is 6.08 Å². The maximum absolute atomic E-state index is 12.5. The van der Waals surface area contributed by atoms with E-state index in [0.717, 1.165) is 28.8 Å². The Labute approximate surface area is 178 Å².